The number of aromatic nitrogens is 4. The zero-order valence-electron chi connectivity index (χ0n) is 6.29. The minimum atomic E-state index is -5.03. The molecule has 1 aromatic rings. The fourth-order valence-corrected chi connectivity index (χ4v) is 0.399. The molecule has 0 fully saturated rings. The quantitative estimate of drug-likeness (QED) is 0.493. The Morgan fingerprint density at radius 3 is 2.46 bits per heavy atom. The van der Waals surface area contributed by atoms with Crippen LogP contribution in [0.2, 0.25) is 0 Å². The Morgan fingerprint density at radius 1 is 1.46 bits per heavy atom. The van der Waals surface area contributed by atoms with E-state index >= 15 is 0 Å². The molecule has 10 heteroatoms. The molecular formula is C3HF3N4NaO2. The molecule has 6 nitrogen and oxygen atoms in total. The van der Waals surface area contributed by atoms with Crippen molar-refractivity contribution in [2.45, 2.75) is 6.36 Å². The van der Waals surface area contributed by atoms with E-state index in [1.54, 1.807) is 0 Å². The first-order valence-electron chi connectivity index (χ1n) is 2.52. The minimum absolute atomic E-state index is 0. The van der Waals surface area contributed by atoms with E-state index in [1.807, 2.05) is 5.21 Å². The van der Waals surface area contributed by atoms with Gasteiger partial charge in [0.15, 0.2) is 0 Å². The molecule has 13 heavy (non-hydrogen) atoms. The van der Waals surface area contributed by atoms with E-state index in [2.05, 4.69) is 20.1 Å². The molecule has 0 unspecified atom stereocenters. The molecule has 0 aromatic carbocycles. The summed E-state index contributed by atoms with van der Waals surface area (Å²) in [5, 5.41) is 10.6. The van der Waals surface area contributed by atoms with Gasteiger partial charge in [0, 0.05) is 29.6 Å². The molecular weight excluding hydrogens is 204 g/mol. The number of carbonyl (C=O) groups excluding carboxylic acids is 1. The number of esters is 1. The predicted molar refractivity (Wildman–Crippen MR) is 31.4 cm³/mol. The molecule has 1 rings (SSSR count). The molecule has 0 spiro atoms. The Labute approximate surface area is 91.1 Å². The van der Waals surface area contributed by atoms with Crippen LogP contribution < -0.4 is 0 Å². The molecule has 0 aliphatic rings. The number of hydrogen-bond acceptors (Lipinski definition) is 5. The van der Waals surface area contributed by atoms with Crippen LogP contribution in [-0.2, 0) is 4.74 Å². The monoisotopic (exact) mass is 205 g/mol. The molecule has 1 radical (unpaired) electrons. The zero-order chi connectivity index (χ0) is 9.19. The van der Waals surface area contributed by atoms with Crippen molar-refractivity contribution in [2.24, 2.45) is 0 Å². The summed E-state index contributed by atoms with van der Waals surface area (Å²) in [5.74, 6) is -2.47. The standard InChI is InChI=1S/C3HF3N4O2.Na/c4-3(5,6)12-2(11)1-7-9-10-8-1;/h(H,7,8,9,10);. The molecule has 0 atom stereocenters. The Kier molecular flexibility index (Phi) is 4.30. The van der Waals surface area contributed by atoms with Crippen LogP contribution in [0.5, 0.6) is 0 Å². The predicted octanol–water partition coefficient (Wildman–Crippen LogP) is -0.504. The van der Waals surface area contributed by atoms with E-state index in [4.69, 9.17) is 0 Å². The van der Waals surface area contributed by atoms with Gasteiger partial charge in [-0.1, -0.05) is 0 Å². The number of ether oxygens (including phenoxy) is 1. The molecule has 0 saturated heterocycles. The van der Waals surface area contributed by atoms with Crippen LogP contribution in [0.15, 0.2) is 0 Å². The summed E-state index contributed by atoms with van der Waals surface area (Å²) in [6, 6.07) is 0. The van der Waals surface area contributed by atoms with Crippen LogP contribution in [0, 0.1) is 0 Å². The summed E-state index contributed by atoms with van der Waals surface area (Å²) in [5.41, 5.74) is 0. The molecule has 0 bridgehead atoms. The van der Waals surface area contributed by atoms with Gasteiger partial charge in [-0.3, -0.25) is 0 Å². The number of carbonyl (C=O) groups is 1. The average Bonchev–Trinajstić information content (AvgIpc) is 2.32. The second kappa shape index (κ2) is 4.53. The van der Waals surface area contributed by atoms with E-state index in [0.29, 0.717) is 0 Å². The summed E-state index contributed by atoms with van der Waals surface area (Å²) in [4.78, 5) is 10.4. The smallest absolute Gasteiger partial charge is 0.367 e. The molecule has 0 amide bonds. The Hall–Kier alpha value is -0.670. The van der Waals surface area contributed by atoms with Gasteiger partial charge in [-0.05, 0) is 5.21 Å². The molecule has 1 heterocycles. The topological polar surface area (TPSA) is 80.8 Å². The number of H-pyrrole nitrogens is 1. The maximum atomic E-state index is 11.4. The van der Waals surface area contributed by atoms with Crippen LogP contribution in [0.3, 0.4) is 0 Å². The largest absolute Gasteiger partial charge is 0.575 e. The van der Waals surface area contributed by atoms with Crippen molar-refractivity contribution in [3.05, 3.63) is 5.82 Å². The Morgan fingerprint density at radius 2 is 2.08 bits per heavy atom. The third kappa shape index (κ3) is 4.20. The molecule has 1 aromatic heterocycles. The van der Waals surface area contributed by atoms with Crippen LogP contribution in [0.1, 0.15) is 10.6 Å². The van der Waals surface area contributed by atoms with Gasteiger partial charge in [-0.25, -0.2) is 4.79 Å². The molecule has 1 N–H and O–H groups in total. The van der Waals surface area contributed by atoms with Gasteiger partial charge in [0.05, 0.1) is 0 Å². The van der Waals surface area contributed by atoms with Gasteiger partial charge in [0.2, 0.25) is 0 Å². The number of alkyl halides is 3. The third-order valence-corrected chi connectivity index (χ3v) is 0.736. The van der Waals surface area contributed by atoms with Crippen molar-refractivity contribution in [3.8, 4) is 0 Å². The molecule has 0 aliphatic heterocycles. The molecule has 67 valence electrons. The summed E-state index contributed by atoms with van der Waals surface area (Å²) in [7, 11) is 0. The van der Waals surface area contributed by atoms with Gasteiger partial charge < -0.3 is 4.74 Å². The second-order valence-electron chi connectivity index (χ2n) is 1.57. The van der Waals surface area contributed by atoms with Crippen LogP contribution in [0.25, 0.3) is 0 Å². The number of rotatable bonds is 1. The normalized spacial score (nSPS) is 10.4. The van der Waals surface area contributed by atoms with E-state index in [-0.39, 0.29) is 29.6 Å². The summed E-state index contributed by atoms with van der Waals surface area (Å²) in [6.45, 7) is 0. The van der Waals surface area contributed by atoms with Gasteiger partial charge >= 0.3 is 12.3 Å². The van der Waals surface area contributed by atoms with E-state index in [1.165, 1.54) is 0 Å². The van der Waals surface area contributed by atoms with Gasteiger partial charge in [-0.15, -0.1) is 23.4 Å². The second-order valence-corrected chi connectivity index (χ2v) is 1.57. The SMILES string of the molecule is O=C(OC(F)(F)F)c1nn[nH]n1.[Na]. The molecule has 0 saturated carbocycles. The minimum Gasteiger partial charge on any atom is -0.367 e. The fraction of sp³-hybridized carbons (Fsp3) is 0.333. The zero-order valence-corrected chi connectivity index (χ0v) is 8.29. The Bertz CT molecular complexity index is 273. The van der Waals surface area contributed by atoms with E-state index in [9.17, 15) is 18.0 Å². The third-order valence-electron chi connectivity index (χ3n) is 0.736. The van der Waals surface area contributed by atoms with Crippen molar-refractivity contribution in [1.82, 2.24) is 20.6 Å². The average molecular weight is 205 g/mol. The first-order valence-corrected chi connectivity index (χ1v) is 2.52. The van der Waals surface area contributed by atoms with Crippen molar-refractivity contribution >= 4 is 35.5 Å². The number of hydrogen-bond donors (Lipinski definition) is 1. The van der Waals surface area contributed by atoms with Crippen LogP contribution in [0.4, 0.5) is 13.2 Å². The number of tetrazole rings is 1. The van der Waals surface area contributed by atoms with E-state index < -0.39 is 18.2 Å². The summed E-state index contributed by atoms with van der Waals surface area (Å²) >= 11 is 0. The maximum absolute atomic E-state index is 11.4. The fourth-order valence-electron chi connectivity index (χ4n) is 0.399. The van der Waals surface area contributed by atoms with Crippen LogP contribution in [-0.4, -0.2) is 62.5 Å². The maximum Gasteiger partial charge on any atom is 0.575 e. The number of halogens is 3. The summed E-state index contributed by atoms with van der Waals surface area (Å²) < 4.78 is 37.1. The number of nitrogens with zero attached hydrogens (tertiary/aromatic N) is 3. The summed E-state index contributed by atoms with van der Waals surface area (Å²) in [6.07, 6.45) is -5.03. The van der Waals surface area contributed by atoms with E-state index in [0.717, 1.165) is 0 Å². The van der Waals surface area contributed by atoms with Gasteiger partial charge in [0.1, 0.15) is 0 Å². The van der Waals surface area contributed by atoms with Crippen molar-refractivity contribution in [2.75, 3.05) is 0 Å². The van der Waals surface area contributed by atoms with Crippen LogP contribution >= 0.6 is 0 Å². The number of aromatic amines is 1. The van der Waals surface area contributed by atoms with Gasteiger partial charge in [0.25, 0.3) is 5.82 Å². The first kappa shape index (κ1) is 12.3. The Balaban J connectivity index is 0.00000144. The van der Waals surface area contributed by atoms with Crippen molar-refractivity contribution in [3.63, 3.8) is 0 Å². The van der Waals surface area contributed by atoms with Crippen molar-refractivity contribution < 1.29 is 22.7 Å². The van der Waals surface area contributed by atoms with Gasteiger partial charge in [-0.2, -0.15) is 5.21 Å². The number of nitrogens with one attached hydrogen (secondary N) is 1. The van der Waals surface area contributed by atoms with Crippen molar-refractivity contribution in [1.29, 1.82) is 0 Å². The first-order chi connectivity index (χ1) is 5.49. The molecule has 0 aliphatic carbocycles.